The zero-order valence-electron chi connectivity index (χ0n) is 22.1. The lowest BCUT2D eigenvalue weighted by molar-refractivity contribution is -0.124. The first-order valence-corrected chi connectivity index (χ1v) is 14.4. The van der Waals surface area contributed by atoms with E-state index < -0.39 is 6.04 Å². The molecule has 8 heteroatoms. The molecule has 5 aliphatic rings. The summed E-state index contributed by atoms with van der Waals surface area (Å²) in [5.41, 5.74) is 4.38. The number of hydrogen-bond acceptors (Lipinski definition) is 6. The minimum absolute atomic E-state index is 0.138. The van der Waals surface area contributed by atoms with Gasteiger partial charge in [0.2, 0.25) is 5.91 Å². The smallest absolute Gasteiger partial charge is 0.238 e. The Labute approximate surface area is 228 Å². The predicted molar refractivity (Wildman–Crippen MR) is 143 cm³/mol. The molecule has 3 saturated heterocycles. The number of fused-ring (bicyclic) bond motifs is 4. The van der Waals surface area contributed by atoms with Crippen LogP contribution in [-0.4, -0.2) is 61.3 Å². The Balaban J connectivity index is 1.04. The zero-order chi connectivity index (χ0) is 26.6. The van der Waals surface area contributed by atoms with E-state index in [1.807, 2.05) is 12.1 Å². The average molecular weight is 531 g/mol. The Morgan fingerprint density at radius 2 is 1.97 bits per heavy atom. The van der Waals surface area contributed by atoms with Gasteiger partial charge in [-0.25, -0.2) is 4.39 Å². The summed E-state index contributed by atoms with van der Waals surface area (Å²) in [6, 6.07) is 13.6. The number of carbonyl (C=O) groups is 1. The first-order valence-electron chi connectivity index (χ1n) is 14.4. The molecular formula is C31H35FN4O3. The summed E-state index contributed by atoms with van der Waals surface area (Å²) in [4.78, 5) is 15.3. The number of likely N-dealkylation sites (tertiary alicyclic amines) is 1. The molecule has 1 saturated carbocycles. The van der Waals surface area contributed by atoms with Gasteiger partial charge in [0.05, 0.1) is 43.6 Å². The maximum absolute atomic E-state index is 15.3. The summed E-state index contributed by atoms with van der Waals surface area (Å²) in [7, 11) is 0. The third-order valence-corrected chi connectivity index (χ3v) is 9.77. The predicted octanol–water partition coefficient (Wildman–Crippen LogP) is 3.40. The fraction of sp³-hybridized carbons (Fsp3) is 0.548. The second-order valence-electron chi connectivity index (χ2n) is 12.0. The highest BCUT2D eigenvalue weighted by Gasteiger charge is 2.45. The van der Waals surface area contributed by atoms with Crippen LogP contribution in [0.2, 0.25) is 0 Å². The van der Waals surface area contributed by atoms with Gasteiger partial charge in [-0.15, -0.1) is 0 Å². The molecular weight excluding hydrogens is 495 g/mol. The van der Waals surface area contributed by atoms with Crippen molar-refractivity contribution in [2.45, 2.75) is 74.9 Å². The summed E-state index contributed by atoms with van der Waals surface area (Å²) >= 11 is 0. The summed E-state index contributed by atoms with van der Waals surface area (Å²) in [6.45, 7) is 4.27. The van der Waals surface area contributed by atoms with Crippen LogP contribution in [0.1, 0.15) is 48.8 Å². The fourth-order valence-electron chi connectivity index (χ4n) is 7.35. The van der Waals surface area contributed by atoms with Gasteiger partial charge in [-0.05, 0) is 78.0 Å². The largest absolute Gasteiger partial charge is 0.378 e. The minimum atomic E-state index is -0.770. The number of nitrogens with one attached hydrogen (secondary N) is 2. The van der Waals surface area contributed by atoms with Gasteiger partial charge < -0.3 is 20.1 Å². The van der Waals surface area contributed by atoms with Gasteiger partial charge in [-0.3, -0.25) is 9.69 Å². The topological polar surface area (TPSA) is 86.6 Å². The van der Waals surface area contributed by atoms with Crippen molar-refractivity contribution >= 4 is 5.91 Å². The molecule has 204 valence electrons. The molecule has 7 nitrogen and oxygen atoms in total. The van der Waals surface area contributed by atoms with E-state index >= 15 is 4.39 Å². The van der Waals surface area contributed by atoms with Crippen molar-refractivity contribution in [2.24, 2.45) is 5.92 Å². The van der Waals surface area contributed by atoms with Crippen molar-refractivity contribution in [3.05, 3.63) is 58.9 Å². The van der Waals surface area contributed by atoms with Gasteiger partial charge in [-0.2, -0.15) is 5.26 Å². The number of nitrogens with zero attached hydrogens (tertiary/aromatic N) is 2. The number of ether oxygens (including phenoxy) is 2. The second-order valence-corrected chi connectivity index (χ2v) is 12.0. The van der Waals surface area contributed by atoms with Gasteiger partial charge in [0.1, 0.15) is 11.9 Å². The zero-order valence-corrected chi connectivity index (χ0v) is 22.1. The molecule has 7 rings (SSSR count). The lowest BCUT2D eigenvalue weighted by Crippen LogP contribution is -2.54. The number of piperidine rings is 2. The van der Waals surface area contributed by atoms with Crippen LogP contribution >= 0.6 is 0 Å². The number of rotatable bonds is 6. The van der Waals surface area contributed by atoms with Crippen LogP contribution in [-0.2, 0) is 32.9 Å². The van der Waals surface area contributed by atoms with Crippen LogP contribution < -0.4 is 10.6 Å². The first kappa shape index (κ1) is 25.2. The Hall–Kier alpha value is -2.83. The van der Waals surface area contributed by atoms with Crippen molar-refractivity contribution in [3.63, 3.8) is 0 Å². The normalized spacial score (nSPS) is 28.2. The summed E-state index contributed by atoms with van der Waals surface area (Å²) in [5, 5.41) is 15.9. The molecule has 4 heterocycles. The van der Waals surface area contributed by atoms with Crippen LogP contribution in [0.5, 0.6) is 0 Å². The Kier molecular flexibility index (Phi) is 6.43. The molecule has 2 aromatic rings. The van der Waals surface area contributed by atoms with Crippen molar-refractivity contribution in [3.8, 4) is 17.2 Å². The van der Waals surface area contributed by atoms with Gasteiger partial charge >= 0.3 is 0 Å². The van der Waals surface area contributed by atoms with Crippen LogP contribution in [0.4, 0.5) is 4.39 Å². The number of halogens is 1. The number of amides is 1. The molecule has 2 aromatic carbocycles. The standard InChI is InChI=1S/C31H35FN4O3/c32-28-14-20(1-3-21(28)11-25(15-33)35-30(37)29-22-5-6-24(12-22)34-29)19-2-4-23-16-39-31(27(23)13-19)7-9-36(10-8-31)26-17-38-18-26/h1-4,13-14,22,24-26,29,34H,5-12,16-18H2,(H,35,37)/t22?,24?,25-,29?/m0/s1. The highest BCUT2D eigenvalue weighted by atomic mass is 19.1. The molecule has 3 unspecified atom stereocenters. The van der Waals surface area contributed by atoms with Gasteiger partial charge in [0, 0.05) is 25.6 Å². The number of nitriles is 1. The maximum Gasteiger partial charge on any atom is 0.238 e. The first-order chi connectivity index (χ1) is 19.0. The maximum atomic E-state index is 15.3. The highest BCUT2D eigenvalue weighted by molar-refractivity contribution is 5.83. The Morgan fingerprint density at radius 1 is 1.18 bits per heavy atom. The molecule has 1 spiro atoms. The quantitative estimate of drug-likeness (QED) is 0.596. The second kappa shape index (κ2) is 9.97. The minimum Gasteiger partial charge on any atom is -0.378 e. The van der Waals surface area contributed by atoms with Gasteiger partial charge in [0.25, 0.3) is 0 Å². The van der Waals surface area contributed by atoms with Crippen LogP contribution in [0.15, 0.2) is 36.4 Å². The molecule has 2 N–H and O–H groups in total. The summed E-state index contributed by atoms with van der Waals surface area (Å²) in [5.74, 6) is -0.165. The van der Waals surface area contributed by atoms with E-state index in [9.17, 15) is 10.1 Å². The Morgan fingerprint density at radius 3 is 2.64 bits per heavy atom. The number of benzene rings is 2. The molecule has 39 heavy (non-hydrogen) atoms. The molecule has 0 aromatic heterocycles. The van der Waals surface area contributed by atoms with Crippen molar-refractivity contribution < 1.29 is 18.7 Å². The summed E-state index contributed by atoms with van der Waals surface area (Å²) < 4.78 is 27.1. The van der Waals surface area contributed by atoms with Crippen molar-refractivity contribution in [1.29, 1.82) is 5.26 Å². The lowest BCUT2D eigenvalue weighted by Gasteiger charge is -2.45. The van der Waals surface area contributed by atoms with Crippen LogP contribution in [0.25, 0.3) is 11.1 Å². The van der Waals surface area contributed by atoms with E-state index in [-0.39, 0.29) is 29.8 Å². The van der Waals surface area contributed by atoms with E-state index in [0.29, 0.717) is 30.2 Å². The number of hydrogen-bond donors (Lipinski definition) is 2. The Bertz CT molecular complexity index is 1310. The van der Waals surface area contributed by atoms with Crippen molar-refractivity contribution in [2.75, 3.05) is 26.3 Å². The summed E-state index contributed by atoms with van der Waals surface area (Å²) in [6.07, 6.45) is 5.22. The molecule has 1 amide bonds. The van der Waals surface area contributed by atoms with E-state index in [1.165, 1.54) is 11.1 Å². The van der Waals surface area contributed by atoms with Gasteiger partial charge in [-0.1, -0.05) is 24.3 Å². The van der Waals surface area contributed by atoms with Gasteiger partial charge in [0.15, 0.2) is 0 Å². The lowest BCUT2D eigenvalue weighted by atomic mass is 9.82. The molecule has 2 bridgehead atoms. The van der Waals surface area contributed by atoms with Crippen LogP contribution in [0.3, 0.4) is 0 Å². The SMILES string of the molecule is N#C[C@H](Cc1ccc(-c2ccc3c(c2)C2(CCN(C4COC4)CC2)OC3)cc1F)NC(=O)C1NC2CCC1C2. The van der Waals surface area contributed by atoms with Crippen LogP contribution in [0, 0.1) is 23.1 Å². The molecule has 0 radical (unpaired) electrons. The molecule has 4 aliphatic heterocycles. The monoisotopic (exact) mass is 530 g/mol. The number of carbonyl (C=O) groups excluding carboxylic acids is 1. The highest BCUT2D eigenvalue weighted by Crippen LogP contribution is 2.46. The third kappa shape index (κ3) is 4.55. The van der Waals surface area contributed by atoms with E-state index in [1.54, 1.807) is 12.1 Å². The third-order valence-electron chi connectivity index (χ3n) is 9.77. The fourth-order valence-corrected chi connectivity index (χ4v) is 7.35. The van der Waals surface area contributed by atoms with Crippen molar-refractivity contribution in [1.82, 2.24) is 15.5 Å². The molecule has 4 atom stereocenters. The van der Waals surface area contributed by atoms with E-state index in [0.717, 1.165) is 69.5 Å². The molecule has 1 aliphatic carbocycles. The molecule has 4 fully saturated rings. The van der Waals surface area contributed by atoms with E-state index in [4.69, 9.17) is 9.47 Å². The average Bonchev–Trinajstić information content (AvgIpc) is 3.65. The van der Waals surface area contributed by atoms with E-state index in [2.05, 4.69) is 33.7 Å².